The van der Waals surface area contributed by atoms with E-state index in [1.165, 1.54) is 6.20 Å². The summed E-state index contributed by atoms with van der Waals surface area (Å²) in [5.74, 6) is 0.814. The van der Waals surface area contributed by atoms with Crippen LogP contribution in [0.3, 0.4) is 0 Å². The van der Waals surface area contributed by atoms with Crippen LogP contribution in [0.25, 0.3) is 0 Å². The van der Waals surface area contributed by atoms with Crippen LogP contribution < -0.4 is 11.1 Å². The van der Waals surface area contributed by atoms with Crippen LogP contribution in [0.2, 0.25) is 0 Å². The molecule has 1 aliphatic carbocycles. The van der Waals surface area contributed by atoms with Gasteiger partial charge in [-0.25, -0.2) is 14.4 Å². The Morgan fingerprint density at radius 1 is 1.36 bits per heavy atom. The molecule has 76 valence electrons. The third-order valence-corrected chi connectivity index (χ3v) is 2.48. The van der Waals surface area contributed by atoms with Gasteiger partial charge in [0.05, 0.1) is 6.04 Å². The first kappa shape index (κ1) is 9.18. The summed E-state index contributed by atoms with van der Waals surface area (Å²) in [5, 5.41) is 2.99. The quantitative estimate of drug-likeness (QED) is 0.749. The molecule has 3 N–H and O–H groups in total. The fourth-order valence-corrected chi connectivity index (χ4v) is 1.71. The number of rotatable bonds is 2. The lowest BCUT2D eigenvalue weighted by Crippen LogP contribution is -2.26. The average Bonchev–Trinajstić information content (AvgIpc) is 2.56. The first-order valence-electron chi connectivity index (χ1n) is 4.74. The second kappa shape index (κ2) is 3.77. The largest absolute Gasteiger partial charge is 0.381 e. The van der Waals surface area contributed by atoms with Crippen molar-refractivity contribution in [3.63, 3.8) is 0 Å². The van der Waals surface area contributed by atoms with Gasteiger partial charge in [-0.1, -0.05) is 0 Å². The van der Waals surface area contributed by atoms with Crippen LogP contribution in [-0.4, -0.2) is 22.2 Å². The molecule has 2 atom stereocenters. The van der Waals surface area contributed by atoms with Gasteiger partial charge in [0.15, 0.2) is 11.6 Å². The standard InChI is InChI=1S/C9H13FN4/c10-6-2-1-3-7(6)14-9-8(11)12-4-5-13-9/h4-7H,1-3H2,(H2,11,12)(H,13,14)/t6-,7+/m0/s1. The van der Waals surface area contributed by atoms with Crippen LogP contribution in [0.1, 0.15) is 19.3 Å². The van der Waals surface area contributed by atoms with Crippen molar-refractivity contribution < 1.29 is 4.39 Å². The van der Waals surface area contributed by atoms with Gasteiger partial charge in [-0.15, -0.1) is 0 Å². The zero-order chi connectivity index (χ0) is 9.97. The van der Waals surface area contributed by atoms with Gasteiger partial charge >= 0.3 is 0 Å². The highest BCUT2D eigenvalue weighted by Gasteiger charge is 2.27. The molecule has 0 aromatic carbocycles. The number of nitrogens with zero attached hydrogens (tertiary/aromatic N) is 2. The van der Waals surface area contributed by atoms with E-state index in [1.807, 2.05) is 0 Å². The molecule has 0 radical (unpaired) electrons. The SMILES string of the molecule is Nc1nccnc1N[C@@H]1CCC[C@@H]1F. The lowest BCUT2D eigenvalue weighted by atomic mass is 10.2. The minimum Gasteiger partial charge on any atom is -0.381 e. The average molecular weight is 196 g/mol. The summed E-state index contributed by atoms with van der Waals surface area (Å²) >= 11 is 0. The number of alkyl halides is 1. The van der Waals surface area contributed by atoms with Gasteiger partial charge < -0.3 is 11.1 Å². The fraction of sp³-hybridized carbons (Fsp3) is 0.556. The van der Waals surface area contributed by atoms with Crippen LogP contribution in [0.15, 0.2) is 12.4 Å². The van der Waals surface area contributed by atoms with E-state index >= 15 is 0 Å². The molecule has 0 amide bonds. The first-order chi connectivity index (χ1) is 6.77. The molecule has 1 fully saturated rings. The van der Waals surface area contributed by atoms with E-state index in [2.05, 4.69) is 15.3 Å². The number of nitrogen functional groups attached to an aromatic ring is 1. The number of halogens is 1. The van der Waals surface area contributed by atoms with Crippen molar-refractivity contribution in [3.8, 4) is 0 Å². The molecular weight excluding hydrogens is 183 g/mol. The number of hydrogen-bond donors (Lipinski definition) is 2. The minimum absolute atomic E-state index is 0.158. The van der Waals surface area contributed by atoms with Crippen molar-refractivity contribution in [3.05, 3.63) is 12.4 Å². The molecule has 0 unspecified atom stereocenters. The normalized spacial score (nSPS) is 26.4. The lowest BCUT2D eigenvalue weighted by Gasteiger charge is -2.15. The molecule has 0 saturated heterocycles. The van der Waals surface area contributed by atoms with Gasteiger partial charge in [0, 0.05) is 12.4 Å². The van der Waals surface area contributed by atoms with Crippen molar-refractivity contribution in [1.29, 1.82) is 0 Å². The molecular formula is C9H13FN4. The van der Waals surface area contributed by atoms with Crippen LogP contribution in [0, 0.1) is 0 Å². The Morgan fingerprint density at radius 2 is 2.14 bits per heavy atom. The number of nitrogens with one attached hydrogen (secondary N) is 1. The third kappa shape index (κ3) is 1.76. The zero-order valence-corrected chi connectivity index (χ0v) is 7.78. The van der Waals surface area contributed by atoms with Crippen LogP contribution in [0.5, 0.6) is 0 Å². The van der Waals surface area contributed by atoms with E-state index in [0.717, 1.165) is 12.8 Å². The maximum Gasteiger partial charge on any atom is 0.169 e. The van der Waals surface area contributed by atoms with E-state index in [1.54, 1.807) is 6.20 Å². The number of aromatic nitrogens is 2. The van der Waals surface area contributed by atoms with Gasteiger partial charge in [-0.3, -0.25) is 0 Å². The molecule has 4 nitrogen and oxygen atoms in total. The fourth-order valence-electron chi connectivity index (χ4n) is 1.71. The van der Waals surface area contributed by atoms with Crippen LogP contribution in [0.4, 0.5) is 16.0 Å². The first-order valence-corrected chi connectivity index (χ1v) is 4.74. The van der Waals surface area contributed by atoms with Crippen molar-refractivity contribution in [2.24, 2.45) is 0 Å². The Morgan fingerprint density at radius 3 is 2.79 bits per heavy atom. The van der Waals surface area contributed by atoms with Gasteiger partial charge in [0.1, 0.15) is 6.17 Å². The number of anilines is 2. The predicted octanol–water partition coefficient (Wildman–Crippen LogP) is 1.36. The van der Waals surface area contributed by atoms with Gasteiger partial charge in [0.2, 0.25) is 0 Å². The smallest absolute Gasteiger partial charge is 0.169 e. The highest BCUT2D eigenvalue weighted by molar-refractivity contribution is 5.55. The molecule has 0 bridgehead atoms. The molecule has 5 heteroatoms. The molecule has 1 saturated carbocycles. The van der Waals surface area contributed by atoms with Gasteiger partial charge in [0.25, 0.3) is 0 Å². The summed E-state index contributed by atoms with van der Waals surface area (Å²) in [6.45, 7) is 0. The van der Waals surface area contributed by atoms with Crippen molar-refractivity contribution >= 4 is 11.6 Å². The van der Waals surface area contributed by atoms with E-state index < -0.39 is 6.17 Å². The third-order valence-electron chi connectivity index (χ3n) is 2.48. The van der Waals surface area contributed by atoms with E-state index in [4.69, 9.17) is 5.73 Å². The van der Waals surface area contributed by atoms with Gasteiger partial charge in [-0.2, -0.15) is 0 Å². The molecule has 0 aliphatic heterocycles. The van der Waals surface area contributed by atoms with Crippen molar-refractivity contribution in [2.75, 3.05) is 11.1 Å². The highest BCUT2D eigenvalue weighted by atomic mass is 19.1. The van der Waals surface area contributed by atoms with Crippen molar-refractivity contribution in [1.82, 2.24) is 9.97 Å². The Balaban J connectivity index is 2.07. The topological polar surface area (TPSA) is 63.8 Å². The second-order valence-electron chi connectivity index (χ2n) is 3.49. The molecule has 1 aromatic rings. The number of nitrogens with two attached hydrogens (primary N) is 1. The zero-order valence-electron chi connectivity index (χ0n) is 7.78. The van der Waals surface area contributed by atoms with E-state index in [0.29, 0.717) is 18.1 Å². The molecule has 0 spiro atoms. The summed E-state index contributed by atoms with van der Waals surface area (Å²) in [6, 6.07) is -0.158. The van der Waals surface area contributed by atoms with Crippen LogP contribution in [-0.2, 0) is 0 Å². The summed E-state index contributed by atoms with van der Waals surface area (Å²) in [6.07, 6.45) is 4.63. The summed E-state index contributed by atoms with van der Waals surface area (Å²) < 4.78 is 13.3. The van der Waals surface area contributed by atoms with E-state index in [9.17, 15) is 4.39 Å². The summed E-state index contributed by atoms with van der Waals surface area (Å²) in [4.78, 5) is 7.89. The van der Waals surface area contributed by atoms with E-state index in [-0.39, 0.29) is 6.04 Å². The monoisotopic (exact) mass is 196 g/mol. The highest BCUT2D eigenvalue weighted by Crippen LogP contribution is 2.25. The predicted molar refractivity (Wildman–Crippen MR) is 52.6 cm³/mol. The lowest BCUT2D eigenvalue weighted by molar-refractivity contribution is 0.323. The summed E-state index contributed by atoms with van der Waals surface area (Å²) in [5.41, 5.74) is 5.59. The maximum atomic E-state index is 13.3. The molecule has 14 heavy (non-hydrogen) atoms. The molecule has 1 heterocycles. The maximum absolute atomic E-state index is 13.3. The summed E-state index contributed by atoms with van der Waals surface area (Å²) in [7, 11) is 0. The molecule has 2 rings (SSSR count). The minimum atomic E-state index is -0.795. The molecule has 1 aliphatic rings. The Kier molecular flexibility index (Phi) is 2.47. The number of hydrogen-bond acceptors (Lipinski definition) is 4. The molecule has 1 aromatic heterocycles. The van der Waals surface area contributed by atoms with Gasteiger partial charge in [-0.05, 0) is 19.3 Å². The Hall–Kier alpha value is -1.39. The second-order valence-corrected chi connectivity index (χ2v) is 3.49. The Bertz CT molecular complexity index is 317. The van der Waals surface area contributed by atoms with Crippen LogP contribution >= 0.6 is 0 Å². The Labute approximate surface area is 81.7 Å². The van der Waals surface area contributed by atoms with Crippen molar-refractivity contribution in [2.45, 2.75) is 31.5 Å².